The highest BCUT2D eigenvalue weighted by atomic mass is 32.1. The fourth-order valence-corrected chi connectivity index (χ4v) is 3.00. The van der Waals surface area contributed by atoms with Gasteiger partial charge in [0, 0.05) is 22.1 Å². The summed E-state index contributed by atoms with van der Waals surface area (Å²) in [5.74, 6) is 0. The summed E-state index contributed by atoms with van der Waals surface area (Å²) in [4.78, 5) is 6.57. The lowest BCUT2D eigenvalue weighted by Crippen LogP contribution is -2.06. The number of nitrogens with zero attached hydrogens (tertiary/aromatic N) is 3. The lowest BCUT2D eigenvalue weighted by molar-refractivity contribution is 0.541. The molecule has 2 aromatic heterocycles. The average molecular weight is 245 g/mol. The number of thiophene rings is 1. The zero-order valence-corrected chi connectivity index (χ0v) is 10.7. The molecule has 1 atom stereocenters. The molecule has 3 nitrogen and oxygen atoms in total. The number of nitriles is 1. The van der Waals surface area contributed by atoms with E-state index in [1.165, 1.54) is 4.88 Å². The van der Waals surface area contributed by atoms with Crippen LogP contribution in [0, 0.1) is 11.3 Å². The molecule has 4 heteroatoms. The third kappa shape index (κ3) is 2.75. The molecule has 0 aliphatic heterocycles. The van der Waals surface area contributed by atoms with Gasteiger partial charge in [0.05, 0.1) is 24.9 Å². The first-order chi connectivity index (χ1) is 8.35. The van der Waals surface area contributed by atoms with E-state index in [2.05, 4.69) is 34.7 Å². The van der Waals surface area contributed by atoms with Gasteiger partial charge in [0.15, 0.2) is 0 Å². The van der Waals surface area contributed by atoms with Gasteiger partial charge in [-0.2, -0.15) is 5.26 Å². The lowest BCUT2D eigenvalue weighted by Gasteiger charge is -2.15. The minimum atomic E-state index is 0.361. The summed E-state index contributed by atoms with van der Waals surface area (Å²) in [5, 5.41) is 8.70. The molecule has 0 bridgehead atoms. The molecule has 88 valence electrons. The highest BCUT2D eigenvalue weighted by molar-refractivity contribution is 7.12. The van der Waals surface area contributed by atoms with Gasteiger partial charge in [0.25, 0.3) is 0 Å². The first-order valence-corrected chi connectivity index (χ1v) is 6.59. The van der Waals surface area contributed by atoms with Crippen molar-refractivity contribution in [3.05, 3.63) is 40.6 Å². The molecule has 0 aliphatic carbocycles. The Morgan fingerprint density at radius 3 is 3.06 bits per heavy atom. The molecule has 0 aromatic carbocycles. The summed E-state index contributed by atoms with van der Waals surface area (Å²) in [5.41, 5.74) is 0. The zero-order chi connectivity index (χ0) is 12.1. The van der Waals surface area contributed by atoms with Crippen LogP contribution in [0.15, 0.2) is 30.9 Å². The Bertz CT molecular complexity index is 493. The molecule has 17 heavy (non-hydrogen) atoms. The maximum absolute atomic E-state index is 8.70. The van der Waals surface area contributed by atoms with Crippen LogP contribution in [0.3, 0.4) is 0 Å². The molecule has 1 unspecified atom stereocenters. The van der Waals surface area contributed by atoms with Crippen LogP contribution >= 0.6 is 11.3 Å². The molecule has 0 fully saturated rings. The maximum atomic E-state index is 8.70. The molecule has 0 aliphatic rings. The van der Waals surface area contributed by atoms with E-state index in [9.17, 15) is 0 Å². The highest BCUT2D eigenvalue weighted by Crippen LogP contribution is 2.29. The minimum absolute atomic E-state index is 0.361. The van der Waals surface area contributed by atoms with Gasteiger partial charge in [-0.1, -0.05) is 13.3 Å². The van der Waals surface area contributed by atoms with Crippen molar-refractivity contribution in [2.75, 3.05) is 0 Å². The van der Waals surface area contributed by atoms with Gasteiger partial charge in [-0.05, 0) is 18.6 Å². The van der Waals surface area contributed by atoms with E-state index in [4.69, 9.17) is 5.26 Å². The van der Waals surface area contributed by atoms with Crippen molar-refractivity contribution in [1.29, 1.82) is 5.26 Å². The van der Waals surface area contributed by atoms with Gasteiger partial charge >= 0.3 is 0 Å². The van der Waals surface area contributed by atoms with E-state index < -0.39 is 0 Å². The Labute approximate surface area is 105 Å². The van der Waals surface area contributed by atoms with Crippen LogP contribution in [0.4, 0.5) is 0 Å². The summed E-state index contributed by atoms with van der Waals surface area (Å²) in [6, 6.07) is 6.75. The first-order valence-electron chi connectivity index (χ1n) is 5.78. The second-order valence-electron chi connectivity index (χ2n) is 3.95. The fraction of sp³-hybridized carbons (Fsp3) is 0.385. The number of aromatic nitrogens is 2. The van der Waals surface area contributed by atoms with E-state index in [-0.39, 0.29) is 0 Å². The second kappa shape index (κ2) is 5.65. The van der Waals surface area contributed by atoms with Gasteiger partial charge in [0.1, 0.15) is 0 Å². The first kappa shape index (κ1) is 11.9. The van der Waals surface area contributed by atoms with E-state index in [0.29, 0.717) is 12.5 Å². The summed E-state index contributed by atoms with van der Waals surface area (Å²) in [6.07, 6.45) is 8.42. The number of rotatable bonds is 5. The standard InChI is InChI=1S/C13H15N3S/c1-2-3-12(16-9-8-15-10-16)13-5-4-11(17-13)6-7-14/h4-5,8-10,12H,2-3,6H2,1H3. The smallest absolute Gasteiger partial charge is 0.0951 e. The maximum Gasteiger partial charge on any atom is 0.0951 e. The molecule has 0 amide bonds. The summed E-state index contributed by atoms with van der Waals surface area (Å²) in [7, 11) is 0. The van der Waals surface area contributed by atoms with Crippen LogP contribution in [0.25, 0.3) is 0 Å². The summed E-state index contributed by atoms with van der Waals surface area (Å²) < 4.78 is 2.14. The van der Waals surface area contributed by atoms with Crippen molar-refractivity contribution < 1.29 is 0 Å². The van der Waals surface area contributed by atoms with Gasteiger partial charge in [-0.15, -0.1) is 11.3 Å². The minimum Gasteiger partial charge on any atom is -0.329 e. The molecular weight excluding hydrogens is 230 g/mol. The van der Waals surface area contributed by atoms with Crippen LogP contribution in [-0.2, 0) is 6.42 Å². The van der Waals surface area contributed by atoms with Crippen molar-refractivity contribution >= 4 is 11.3 Å². The predicted molar refractivity (Wildman–Crippen MR) is 68.9 cm³/mol. The molecule has 0 radical (unpaired) electrons. The SMILES string of the molecule is CCCC(c1ccc(CC#N)s1)n1ccnc1. The van der Waals surface area contributed by atoms with Crippen molar-refractivity contribution in [3.63, 3.8) is 0 Å². The highest BCUT2D eigenvalue weighted by Gasteiger charge is 2.14. The Morgan fingerprint density at radius 2 is 2.41 bits per heavy atom. The van der Waals surface area contributed by atoms with E-state index in [0.717, 1.165) is 17.7 Å². The third-order valence-electron chi connectivity index (χ3n) is 2.71. The van der Waals surface area contributed by atoms with E-state index in [1.54, 1.807) is 11.3 Å². The molecule has 0 saturated heterocycles. The topological polar surface area (TPSA) is 41.6 Å². The van der Waals surface area contributed by atoms with Crippen LogP contribution in [0.2, 0.25) is 0 Å². The van der Waals surface area contributed by atoms with Crippen molar-refractivity contribution in [2.45, 2.75) is 32.2 Å². The predicted octanol–water partition coefficient (Wildman–Crippen LogP) is 3.40. The molecule has 0 N–H and O–H groups in total. The van der Waals surface area contributed by atoms with Crippen molar-refractivity contribution in [2.24, 2.45) is 0 Å². The average Bonchev–Trinajstić information content (AvgIpc) is 2.97. The number of hydrogen-bond donors (Lipinski definition) is 0. The largest absolute Gasteiger partial charge is 0.329 e. The summed E-state index contributed by atoms with van der Waals surface area (Å²) in [6.45, 7) is 2.19. The van der Waals surface area contributed by atoms with E-state index in [1.807, 2.05) is 18.7 Å². The van der Waals surface area contributed by atoms with E-state index >= 15 is 0 Å². The van der Waals surface area contributed by atoms with Crippen LogP contribution < -0.4 is 0 Å². The Kier molecular flexibility index (Phi) is 3.94. The van der Waals surface area contributed by atoms with Crippen molar-refractivity contribution in [3.8, 4) is 6.07 Å². The molecular formula is C13H15N3S. The molecule has 0 saturated carbocycles. The number of imidazole rings is 1. The Balaban J connectivity index is 2.23. The van der Waals surface area contributed by atoms with Crippen LogP contribution in [0.1, 0.15) is 35.6 Å². The Hall–Kier alpha value is -1.60. The van der Waals surface area contributed by atoms with Crippen LogP contribution in [-0.4, -0.2) is 9.55 Å². The molecule has 2 rings (SSSR count). The van der Waals surface area contributed by atoms with Gasteiger partial charge in [-0.3, -0.25) is 0 Å². The zero-order valence-electron chi connectivity index (χ0n) is 9.84. The lowest BCUT2D eigenvalue weighted by atomic mass is 10.1. The van der Waals surface area contributed by atoms with Gasteiger partial charge in [-0.25, -0.2) is 4.98 Å². The van der Waals surface area contributed by atoms with Crippen LogP contribution in [0.5, 0.6) is 0 Å². The second-order valence-corrected chi connectivity index (χ2v) is 5.15. The summed E-state index contributed by atoms with van der Waals surface area (Å²) >= 11 is 1.73. The van der Waals surface area contributed by atoms with Crippen molar-refractivity contribution in [1.82, 2.24) is 9.55 Å². The quantitative estimate of drug-likeness (QED) is 0.810. The Morgan fingerprint density at radius 1 is 1.53 bits per heavy atom. The molecule has 2 heterocycles. The fourth-order valence-electron chi connectivity index (χ4n) is 1.91. The normalized spacial score (nSPS) is 12.2. The monoisotopic (exact) mass is 245 g/mol. The van der Waals surface area contributed by atoms with Gasteiger partial charge < -0.3 is 4.57 Å². The third-order valence-corrected chi connectivity index (χ3v) is 3.90. The molecule has 2 aromatic rings. The number of hydrogen-bond acceptors (Lipinski definition) is 3. The molecule has 0 spiro atoms. The van der Waals surface area contributed by atoms with Gasteiger partial charge in [0.2, 0.25) is 0 Å².